The number of ether oxygens (including phenoxy) is 3. The van der Waals surface area contributed by atoms with Crippen molar-refractivity contribution < 1.29 is 23.8 Å². The maximum Gasteiger partial charge on any atom is 0.315 e. The van der Waals surface area contributed by atoms with Crippen LogP contribution in [0.4, 0.5) is 4.79 Å². The van der Waals surface area contributed by atoms with E-state index in [2.05, 4.69) is 15.5 Å². The number of urea groups is 1. The van der Waals surface area contributed by atoms with Crippen LogP contribution in [-0.4, -0.2) is 55.8 Å². The van der Waals surface area contributed by atoms with Gasteiger partial charge in [-0.25, -0.2) is 4.79 Å². The van der Waals surface area contributed by atoms with Crippen molar-refractivity contribution in [1.29, 1.82) is 0 Å². The Balaban J connectivity index is 1.53. The minimum absolute atomic E-state index is 0.308. The van der Waals surface area contributed by atoms with Gasteiger partial charge in [0.25, 0.3) is 0 Å². The summed E-state index contributed by atoms with van der Waals surface area (Å²) < 4.78 is 17.1. The number of carbonyl (C=O) groups excluding carboxylic acids is 2. The molecule has 2 N–H and O–H groups in total. The highest BCUT2D eigenvalue weighted by atomic mass is 16.6. The maximum absolute atomic E-state index is 12.8. The number of carbonyl (C=O) groups is 2. The number of rotatable bonds is 8. The fourth-order valence-corrected chi connectivity index (χ4v) is 4.26. The zero-order chi connectivity index (χ0) is 23.0. The molecular formula is C25H31N3O5. The van der Waals surface area contributed by atoms with Gasteiger partial charge in [0, 0.05) is 20.0 Å². The van der Waals surface area contributed by atoms with Crippen LogP contribution in [0.1, 0.15) is 37.0 Å². The largest absolute Gasteiger partial charge is 0.486 e. The summed E-state index contributed by atoms with van der Waals surface area (Å²) in [5.74, 6) is 0.869. The van der Waals surface area contributed by atoms with Gasteiger partial charge in [0.1, 0.15) is 19.3 Å². The molecule has 33 heavy (non-hydrogen) atoms. The predicted molar refractivity (Wildman–Crippen MR) is 123 cm³/mol. The van der Waals surface area contributed by atoms with E-state index < -0.39 is 18.1 Å². The topological polar surface area (TPSA) is 89.1 Å². The summed E-state index contributed by atoms with van der Waals surface area (Å²) in [6, 6.07) is 14.5. The molecule has 8 nitrogen and oxygen atoms in total. The first-order valence-electron chi connectivity index (χ1n) is 11.5. The molecule has 0 saturated carbocycles. The van der Waals surface area contributed by atoms with Crippen molar-refractivity contribution in [2.45, 2.75) is 38.5 Å². The molecule has 0 radical (unpaired) electrons. The van der Waals surface area contributed by atoms with E-state index in [0.29, 0.717) is 37.8 Å². The molecule has 0 aromatic heterocycles. The van der Waals surface area contributed by atoms with Crippen LogP contribution in [0, 0.1) is 0 Å². The molecule has 1 saturated heterocycles. The Morgan fingerprint density at radius 2 is 1.76 bits per heavy atom. The number of benzene rings is 2. The fourth-order valence-electron chi connectivity index (χ4n) is 4.26. The molecule has 2 aliphatic rings. The Labute approximate surface area is 194 Å². The van der Waals surface area contributed by atoms with Gasteiger partial charge in [-0.15, -0.1) is 0 Å². The summed E-state index contributed by atoms with van der Waals surface area (Å²) in [4.78, 5) is 27.2. The van der Waals surface area contributed by atoms with Crippen LogP contribution >= 0.6 is 0 Å². The lowest BCUT2D eigenvalue weighted by molar-refractivity contribution is -0.148. The van der Waals surface area contributed by atoms with Gasteiger partial charge in [-0.3, -0.25) is 4.79 Å². The molecule has 2 heterocycles. The van der Waals surface area contributed by atoms with Crippen LogP contribution < -0.4 is 20.1 Å². The van der Waals surface area contributed by atoms with Crippen LogP contribution in [0.2, 0.25) is 0 Å². The molecular weight excluding hydrogens is 422 g/mol. The summed E-state index contributed by atoms with van der Waals surface area (Å²) in [5, 5.41) is 5.97. The van der Waals surface area contributed by atoms with E-state index in [9.17, 15) is 9.59 Å². The summed E-state index contributed by atoms with van der Waals surface area (Å²) >= 11 is 0. The minimum atomic E-state index is -0.665. The molecule has 8 heteroatoms. The molecule has 1 unspecified atom stereocenters. The Kier molecular flexibility index (Phi) is 7.67. The Morgan fingerprint density at radius 1 is 1.03 bits per heavy atom. The van der Waals surface area contributed by atoms with E-state index >= 15 is 0 Å². The Hall–Kier alpha value is -3.26. The van der Waals surface area contributed by atoms with Crippen LogP contribution in [0.3, 0.4) is 0 Å². The van der Waals surface area contributed by atoms with Gasteiger partial charge < -0.3 is 29.7 Å². The average Bonchev–Trinajstić information content (AvgIpc) is 3.34. The number of likely N-dealkylation sites (tertiary alicyclic amines) is 1. The van der Waals surface area contributed by atoms with E-state index in [1.165, 1.54) is 6.92 Å². The normalized spacial score (nSPS) is 17.1. The van der Waals surface area contributed by atoms with Crippen molar-refractivity contribution >= 4 is 12.0 Å². The Bertz CT molecular complexity index is 946. The van der Waals surface area contributed by atoms with Crippen molar-refractivity contribution in [1.82, 2.24) is 15.5 Å². The van der Waals surface area contributed by atoms with E-state index in [4.69, 9.17) is 14.2 Å². The average molecular weight is 454 g/mol. The molecule has 4 rings (SSSR count). The summed E-state index contributed by atoms with van der Waals surface area (Å²) in [7, 11) is 0. The Morgan fingerprint density at radius 3 is 2.48 bits per heavy atom. The van der Waals surface area contributed by atoms with Crippen LogP contribution in [-0.2, 0) is 16.1 Å². The molecule has 2 aromatic rings. The highest BCUT2D eigenvalue weighted by molar-refractivity contribution is 5.74. The summed E-state index contributed by atoms with van der Waals surface area (Å²) in [6.45, 7) is 5.24. The van der Waals surface area contributed by atoms with Crippen LogP contribution in [0.25, 0.3) is 0 Å². The number of hydrogen-bond donors (Lipinski definition) is 2. The molecule has 0 aliphatic carbocycles. The van der Waals surface area contributed by atoms with Gasteiger partial charge in [-0.2, -0.15) is 0 Å². The standard InChI is InChI=1S/C25H31N3O5/c1-18(29)33-24(20-9-10-22-23(15-20)32-14-13-31-22)21(17-28-11-5-6-12-28)27-25(30)26-16-19-7-3-2-4-8-19/h2-4,7-10,15,21,24H,5-6,11-14,16-17H2,1H3,(H2,26,27,30)/t21?,24-/m1/s1. The monoisotopic (exact) mass is 453 g/mol. The third kappa shape index (κ3) is 6.38. The van der Waals surface area contributed by atoms with E-state index in [-0.39, 0.29) is 6.03 Å². The van der Waals surface area contributed by atoms with Crippen molar-refractivity contribution in [3.63, 3.8) is 0 Å². The van der Waals surface area contributed by atoms with Gasteiger partial charge >= 0.3 is 12.0 Å². The summed E-state index contributed by atoms with van der Waals surface area (Å²) in [5.41, 5.74) is 1.76. The molecule has 2 aromatic carbocycles. The molecule has 1 fully saturated rings. The second kappa shape index (κ2) is 11.0. The zero-order valence-electron chi connectivity index (χ0n) is 18.9. The lowest BCUT2D eigenvalue weighted by atomic mass is 10.0. The highest BCUT2D eigenvalue weighted by Gasteiger charge is 2.31. The smallest absolute Gasteiger partial charge is 0.315 e. The van der Waals surface area contributed by atoms with Crippen molar-refractivity contribution in [3.8, 4) is 11.5 Å². The van der Waals surface area contributed by atoms with Gasteiger partial charge in [0.2, 0.25) is 0 Å². The zero-order valence-corrected chi connectivity index (χ0v) is 18.9. The third-order valence-corrected chi connectivity index (χ3v) is 5.82. The molecule has 0 bridgehead atoms. The van der Waals surface area contributed by atoms with Crippen LogP contribution in [0.15, 0.2) is 48.5 Å². The van der Waals surface area contributed by atoms with Crippen molar-refractivity contribution in [2.75, 3.05) is 32.8 Å². The quantitative estimate of drug-likeness (QED) is 0.598. The maximum atomic E-state index is 12.8. The number of amides is 2. The molecule has 2 aliphatic heterocycles. The van der Waals surface area contributed by atoms with E-state index in [1.54, 1.807) is 0 Å². The molecule has 176 valence electrons. The molecule has 0 spiro atoms. The van der Waals surface area contributed by atoms with Gasteiger partial charge in [0.15, 0.2) is 11.5 Å². The SMILES string of the molecule is CC(=O)O[C@H](c1ccc2c(c1)OCCO2)C(CN1CCCC1)NC(=O)NCc1ccccc1. The highest BCUT2D eigenvalue weighted by Crippen LogP contribution is 2.35. The number of nitrogens with zero attached hydrogens (tertiary/aromatic N) is 1. The van der Waals surface area contributed by atoms with Gasteiger partial charge in [-0.05, 0) is 49.2 Å². The predicted octanol–water partition coefficient (Wildman–Crippen LogP) is 3.03. The fraction of sp³-hybridized carbons (Fsp3) is 0.440. The summed E-state index contributed by atoms with van der Waals surface area (Å²) in [6.07, 6.45) is 1.58. The second-order valence-corrected chi connectivity index (χ2v) is 8.36. The van der Waals surface area contributed by atoms with Gasteiger partial charge in [-0.1, -0.05) is 36.4 Å². The van der Waals surface area contributed by atoms with Crippen molar-refractivity contribution in [2.24, 2.45) is 0 Å². The van der Waals surface area contributed by atoms with E-state index in [1.807, 2.05) is 48.5 Å². The molecule has 2 amide bonds. The lowest BCUT2D eigenvalue weighted by Gasteiger charge is -2.31. The number of esters is 1. The first-order valence-corrected chi connectivity index (χ1v) is 11.5. The van der Waals surface area contributed by atoms with Crippen LogP contribution in [0.5, 0.6) is 11.5 Å². The number of hydrogen-bond acceptors (Lipinski definition) is 6. The molecule has 2 atom stereocenters. The first kappa shape index (κ1) is 22.9. The third-order valence-electron chi connectivity index (χ3n) is 5.82. The van der Waals surface area contributed by atoms with Gasteiger partial charge in [0.05, 0.1) is 6.04 Å². The second-order valence-electron chi connectivity index (χ2n) is 8.36. The first-order chi connectivity index (χ1) is 16.1. The number of fused-ring (bicyclic) bond motifs is 1. The van der Waals surface area contributed by atoms with E-state index in [0.717, 1.165) is 37.1 Å². The lowest BCUT2D eigenvalue weighted by Crippen LogP contribution is -2.50. The minimum Gasteiger partial charge on any atom is -0.486 e. The van der Waals surface area contributed by atoms with Crippen molar-refractivity contribution in [3.05, 3.63) is 59.7 Å². The number of nitrogens with one attached hydrogen (secondary N) is 2.